The van der Waals surface area contributed by atoms with E-state index in [-0.39, 0.29) is 18.0 Å². The molecule has 7 nitrogen and oxygen atoms in total. The molecule has 4 N–H and O–H groups in total. The fourth-order valence-corrected chi connectivity index (χ4v) is 6.59. The van der Waals surface area contributed by atoms with Crippen molar-refractivity contribution >= 4 is 44.9 Å². The van der Waals surface area contributed by atoms with Crippen LogP contribution in [0.2, 0.25) is 0 Å². The number of amides is 1. The van der Waals surface area contributed by atoms with Gasteiger partial charge in [0.2, 0.25) is 0 Å². The predicted octanol–water partition coefficient (Wildman–Crippen LogP) is 6.63. The van der Waals surface area contributed by atoms with E-state index < -0.39 is 5.60 Å². The highest BCUT2D eigenvalue weighted by molar-refractivity contribution is 7.15. The highest BCUT2D eigenvalue weighted by Gasteiger charge is 2.27. The molecule has 0 saturated heterocycles. The van der Waals surface area contributed by atoms with E-state index in [1.807, 2.05) is 39.0 Å². The minimum Gasteiger partial charge on any atom is -0.444 e. The molecule has 1 unspecified atom stereocenters. The number of fused-ring (bicyclic) bond motifs is 3. The van der Waals surface area contributed by atoms with Crippen LogP contribution < -0.4 is 11.1 Å². The molecule has 0 spiro atoms. The second-order valence-electron chi connectivity index (χ2n) is 11.4. The van der Waals surface area contributed by atoms with Crippen LogP contribution in [0.15, 0.2) is 66.7 Å². The third-order valence-electron chi connectivity index (χ3n) is 7.30. The van der Waals surface area contributed by atoms with Crippen LogP contribution in [0.5, 0.6) is 0 Å². The van der Waals surface area contributed by atoms with Crippen molar-refractivity contribution in [3.63, 3.8) is 0 Å². The predicted molar refractivity (Wildman–Crippen MR) is 162 cm³/mol. The maximum atomic E-state index is 12.4. The third-order valence-corrected chi connectivity index (χ3v) is 8.48. The minimum absolute atomic E-state index is 0.00281. The number of ether oxygens (including phenoxy) is 1. The molecule has 204 valence electrons. The maximum Gasteiger partial charge on any atom is 0.407 e. The van der Waals surface area contributed by atoms with E-state index in [1.54, 1.807) is 11.3 Å². The lowest BCUT2D eigenvalue weighted by Gasteiger charge is -2.25. The Balaban J connectivity index is 1.38. The Labute approximate surface area is 237 Å². The molecule has 6 rings (SSSR count). The summed E-state index contributed by atoms with van der Waals surface area (Å²) in [4.78, 5) is 18.7. The van der Waals surface area contributed by atoms with Gasteiger partial charge in [0.05, 0.1) is 11.4 Å². The molecule has 2 aromatic heterocycles. The number of rotatable bonds is 5. The number of alkyl carbamates (subject to hydrolysis) is 1. The number of aromatic nitrogens is 2. The van der Waals surface area contributed by atoms with Gasteiger partial charge in [0, 0.05) is 40.4 Å². The van der Waals surface area contributed by atoms with Crippen molar-refractivity contribution in [3.05, 3.63) is 88.4 Å². The Bertz CT molecular complexity index is 1760. The summed E-state index contributed by atoms with van der Waals surface area (Å²) in [6.07, 6.45) is 2.02. The maximum absolute atomic E-state index is 12.4. The number of carbonyl (C=O) groups excluding carboxylic acids is 1. The topological polar surface area (TPSA) is 106 Å². The Hall–Kier alpha value is -4.17. The molecule has 1 amide bonds. The first-order valence-electron chi connectivity index (χ1n) is 13.6. The van der Waals surface area contributed by atoms with Gasteiger partial charge in [0.15, 0.2) is 0 Å². The van der Waals surface area contributed by atoms with Crippen molar-refractivity contribution in [1.29, 1.82) is 5.41 Å². The molecule has 0 saturated carbocycles. The van der Waals surface area contributed by atoms with Crippen LogP contribution in [0.4, 0.5) is 4.79 Å². The van der Waals surface area contributed by atoms with E-state index in [1.165, 1.54) is 21.2 Å². The number of amidine groups is 1. The molecule has 1 atom stereocenters. The SMILES string of the molecule is CC(C)(C)OC(=O)NC1CCc2sc(-c3cc4ccc(C(=N)N)cc4n3Cc3cccc4ccccc34)nc2C1. The number of aryl methyl sites for hydroxylation is 1. The van der Waals surface area contributed by atoms with Gasteiger partial charge in [0.1, 0.15) is 16.4 Å². The number of nitrogens with one attached hydrogen (secondary N) is 2. The molecule has 1 aliphatic carbocycles. The fraction of sp³-hybridized carbons (Fsp3) is 0.281. The summed E-state index contributed by atoms with van der Waals surface area (Å²) in [5, 5.41) is 15.5. The molecule has 0 aliphatic heterocycles. The molecule has 1 aliphatic rings. The van der Waals surface area contributed by atoms with Gasteiger partial charge in [-0.2, -0.15) is 0 Å². The molecule has 0 radical (unpaired) electrons. The van der Waals surface area contributed by atoms with Crippen molar-refractivity contribution < 1.29 is 9.53 Å². The molecular weight excluding hydrogens is 518 g/mol. The van der Waals surface area contributed by atoms with E-state index in [0.29, 0.717) is 18.5 Å². The number of thiazole rings is 1. The average molecular weight is 552 g/mol. The second kappa shape index (κ2) is 10.1. The zero-order valence-corrected chi connectivity index (χ0v) is 23.8. The third kappa shape index (κ3) is 5.19. The van der Waals surface area contributed by atoms with Gasteiger partial charge in [-0.15, -0.1) is 11.3 Å². The molecule has 0 bridgehead atoms. The van der Waals surface area contributed by atoms with E-state index in [9.17, 15) is 4.79 Å². The first-order chi connectivity index (χ1) is 19.1. The van der Waals surface area contributed by atoms with Gasteiger partial charge in [-0.25, -0.2) is 9.78 Å². The molecular formula is C32H33N5O2S. The van der Waals surface area contributed by atoms with Gasteiger partial charge < -0.3 is 20.4 Å². The Kier molecular flexibility index (Phi) is 6.58. The van der Waals surface area contributed by atoms with Crippen LogP contribution in [0, 0.1) is 5.41 Å². The zero-order valence-electron chi connectivity index (χ0n) is 23.0. The lowest BCUT2D eigenvalue weighted by Crippen LogP contribution is -2.41. The Morgan fingerprint density at radius 3 is 2.73 bits per heavy atom. The number of nitrogen functional groups attached to an aromatic ring is 1. The van der Waals surface area contributed by atoms with Crippen molar-refractivity contribution in [2.45, 2.75) is 58.2 Å². The molecule has 40 heavy (non-hydrogen) atoms. The monoisotopic (exact) mass is 551 g/mol. The lowest BCUT2D eigenvalue weighted by atomic mass is 9.98. The average Bonchev–Trinajstić information content (AvgIpc) is 3.48. The summed E-state index contributed by atoms with van der Waals surface area (Å²) < 4.78 is 7.77. The van der Waals surface area contributed by atoms with Crippen molar-refractivity contribution in [2.24, 2.45) is 5.73 Å². The standard InChI is InChI=1S/C32H33N5O2S/c1-32(2,3)39-31(38)35-23-13-14-28-25(17-23)36-30(40-28)27-15-20-11-12-21(29(33)34)16-26(20)37(27)18-22-9-6-8-19-7-4-5-10-24(19)22/h4-12,15-16,23H,13-14,17-18H2,1-3H3,(H3,33,34)(H,35,38). The normalized spacial score (nSPS) is 15.2. The van der Waals surface area contributed by atoms with E-state index in [0.717, 1.165) is 40.1 Å². The van der Waals surface area contributed by atoms with Crippen molar-refractivity contribution in [3.8, 4) is 10.7 Å². The first kappa shape index (κ1) is 26.1. The number of nitrogens with zero attached hydrogens (tertiary/aromatic N) is 2. The van der Waals surface area contributed by atoms with Crippen LogP contribution >= 0.6 is 11.3 Å². The van der Waals surface area contributed by atoms with Crippen LogP contribution in [0.3, 0.4) is 0 Å². The summed E-state index contributed by atoms with van der Waals surface area (Å²) in [5.74, 6) is 0.0506. The largest absolute Gasteiger partial charge is 0.444 e. The van der Waals surface area contributed by atoms with Gasteiger partial charge >= 0.3 is 6.09 Å². The first-order valence-corrected chi connectivity index (χ1v) is 14.4. The van der Waals surface area contributed by atoms with Crippen molar-refractivity contribution in [1.82, 2.24) is 14.9 Å². The van der Waals surface area contributed by atoms with Gasteiger partial charge in [-0.3, -0.25) is 5.41 Å². The summed E-state index contributed by atoms with van der Waals surface area (Å²) in [6.45, 7) is 6.27. The minimum atomic E-state index is -0.530. The number of hydrogen-bond donors (Lipinski definition) is 3. The summed E-state index contributed by atoms with van der Waals surface area (Å²) in [5.41, 5.74) is 10.4. The van der Waals surface area contributed by atoms with Gasteiger partial charge in [-0.05, 0) is 62.1 Å². The van der Waals surface area contributed by atoms with E-state index in [2.05, 4.69) is 58.4 Å². The molecule has 5 aromatic rings. The zero-order chi connectivity index (χ0) is 28.0. The highest BCUT2D eigenvalue weighted by Crippen LogP contribution is 2.37. The van der Waals surface area contributed by atoms with Crippen LogP contribution in [-0.4, -0.2) is 33.1 Å². The fourth-order valence-electron chi connectivity index (χ4n) is 5.46. The van der Waals surface area contributed by atoms with Crippen molar-refractivity contribution in [2.75, 3.05) is 0 Å². The highest BCUT2D eigenvalue weighted by atomic mass is 32.1. The Morgan fingerprint density at radius 1 is 1.12 bits per heavy atom. The summed E-state index contributed by atoms with van der Waals surface area (Å²) in [7, 11) is 0. The lowest BCUT2D eigenvalue weighted by molar-refractivity contribution is 0.0500. The number of nitrogens with two attached hydrogens (primary N) is 1. The van der Waals surface area contributed by atoms with Gasteiger partial charge in [0.25, 0.3) is 0 Å². The second-order valence-corrected chi connectivity index (χ2v) is 12.5. The number of hydrogen-bond acceptors (Lipinski definition) is 5. The quantitative estimate of drug-likeness (QED) is 0.168. The van der Waals surface area contributed by atoms with Crippen LogP contribution in [0.25, 0.3) is 32.4 Å². The molecule has 0 fully saturated rings. The van der Waals surface area contributed by atoms with Crippen LogP contribution in [0.1, 0.15) is 48.9 Å². The van der Waals surface area contributed by atoms with Gasteiger partial charge in [-0.1, -0.05) is 54.6 Å². The molecule has 3 aromatic carbocycles. The summed E-state index contributed by atoms with van der Waals surface area (Å²) in [6, 6.07) is 23.0. The molecule has 8 heteroatoms. The number of carbonyl (C=O) groups is 1. The summed E-state index contributed by atoms with van der Waals surface area (Å²) >= 11 is 1.73. The van der Waals surface area contributed by atoms with Crippen LogP contribution in [-0.2, 0) is 24.1 Å². The van der Waals surface area contributed by atoms with E-state index >= 15 is 0 Å². The molecule has 2 heterocycles. The Morgan fingerprint density at radius 2 is 1.93 bits per heavy atom. The van der Waals surface area contributed by atoms with E-state index in [4.69, 9.17) is 20.9 Å². The number of benzene rings is 3. The smallest absolute Gasteiger partial charge is 0.407 e.